The normalized spacial score (nSPS) is 11.7. The molecule has 0 aliphatic rings. The summed E-state index contributed by atoms with van der Waals surface area (Å²) in [6.45, 7) is 1.93. The number of amides is 2. The number of ether oxygens (including phenoxy) is 1. The molecule has 9 heteroatoms. The first kappa shape index (κ1) is 21.8. The van der Waals surface area contributed by atoms with Gasteiger partial charge >= 0.3 is 0 Å². The quantitative estimate of drug-likeness (QED) is 0.467. The van der Waals surface area contributed by atoms with E-state index in [1.54, 1.807) is 55.8 Å². The van der Waals surface area contributed by atoms with E-state index in [0.29, 0.717) is 23.5 Å². The minimum Gasteiger partial charge on any atom is -0.497 e. The predicted octanol–water partition coefficient (Wildman–Crippen LogP) is 1.18. The smallest absolute Gasteiger partial charge is 0.265 e. The number of hydrogen-bond acceptors (Lipinski definition) is 6. The first-order chi connectivity index (χ1) is 14.9. The van der Waals surface area contributed by atoms with Gasteiger partial charge in [0.1, 0.15) is 11.4 Å². The number of hydrogen-bond donors (Lipinski definition) is 3. The molecule has 0 aliphatic heterocycles. The first-order valence-corrected chi connectivity index (χ1v) is 9.76. The van der Waals surface area contributed by atoms with Crippen LogP contribution in [0.15, 0.2) is 53.5 Å². The number of nitrogens with one attached hydrogen (secondary N) is 2. The Bertz CT molecular complexity index is 1140. The molecule has 2 aromatic heterocycles. The third kappa shape index (κ3) is 5.19. The Kier molecular flexibility index (Phi) is 6.86. The zero-order valence-corrected chi connectivity index (χ0v) is 17.3. The minimum atomic E-state index is -0.733. The van der Waals surface area contributed by atoms with Gasteiger partial charge in [0.05, 0.1) is 12.7 Å². The van der Waals surface area contributed by atoms with Crippen molar-refractivity contribution >= 4 is 17.5 Å². The Morgan fingerprint density at radius 3 is 2.52 bits per heavy atom. The van der Waals surface area contributed by atoms with Gasteiger partial charge in [-0.05, 0) is 29.8 Å². The van der Waals surface area contributed by atoms with E-state index in [0.717, 1.165) is 0 Å². The third-order valence-corrected chi connectivity index (χ3v) is 4.83. The molecule has 1 unspecified atom stereocenters. The van der Waals surface area contributed by atoms with Crippen LogP contribution in [-0.2, 0) is 9.59 Å². The summed E-state index contributed by atoms with van der Waals surface area (Å²) < 4.78 is 6.52. The van der Waals surface area contributed by atoms with Crippen LogP contribution in [0.2, 0.25) is 0 Å². The third-order valence-electron chi connectivity index (χ3n) is 4.83. The van der Waals surface area contributed by atoms with Crippen molar-refractivity contribution < 1.29 is 19.4 Å². The van der Waals surface area contributed by atoms with E-state index in [4.69, 9.17) is 4.74 Å². The van der Waals surface area contributed by atoms with Gasteiger partial charge in [-0.3, -0.25) is 18.8 Å². The number of rotatable bonds is 8. The number of carbonyl (C=O) groups is 2. The van der Waals surface area contributed by atoms with Gasteiger partial charge in [-0.1, -0.05) is 18.2 Å². The number of benzene rings is 1. The Labute approximate surface area is 178 Å². The number of nitrogens with zero attached hydrogens (tertiary/aromatic N) is 2. The maximum absolute atomic E-state index is 13.2. The van der Waals surface area contributed by atoms with Crippen LogP contribution < -0.4 is 20.9 Å². The highest BCUT2D eigenvalue weighted by Crippen LogP contribution is 2.31. The van der Waals surface area contributed by atoms with E-state index in [-0.39, 0.29) is 30.3 Å². The maximum atomic E-state index is 13.2. The van der Waals surface area contributed by atoms with E-state index in [2.05, 4.69) is 15.6 Å². The van der Waals surface area contributed by atoms with E-state index in [1.807, 2.05) is 0 Å². The molecule has 3 rings (SSSR count). The Morgan fingerprint density at radius 2 is 1.84 bits per heavy atom. The van der Waals surface area contributed by atoms with Crippen LogP contribution in [0.4, 0.5) is 0 Å². The number of fused-ring (bicyclic) bond motifs is 1. The number of methoxy groups -OCH3 is 1. The number of aromatic hydroxyl groups is 1. The lowest BCUT2D eigenvalue weighted by Crippen LogP contribution is -2.35. The Morgan fingerprint density at radius 1 is 1.13 bits per heavy atom. The molecule has 0 radical (unpaired) electrons. The summed E-state index contributed by atoms with van der Waals surface area (Å²) in [4.78, 5) is 40.9. The molecular formula is C22H24N4O5. The van der Waals surface area contributed by atoms with E-state index in [1.165, 1.54) is 11.3 Å². The topological polar surface area (TPSA) is 122 Å². The van der Waals surface area contributed by atoms with Gasteiger partial charge in [0.15, 0.2) is 0 Å². The SMILES string of the molecule is COc1ccc(C(CC(=O)NCCNC(C)=O)c2c(O)nc3ccccn3c2=O)cc1. The lowest BCUT2D eigenvalue weighted by atomic mass is 9.89. The molecule has 0 fully saturated rings. The van der Waals surface area contributed by atoms with Crippen molar-refractivity contribution in [2.75, 3.05) is 20.2 Å². The second-order valence-corrected chi connectivity index (χ2v) is 6.95. The van der Waals surface area contributed by atoms with Crippen molar-refractivity contribution in [3.63, 3.8) is 0 Å². The summed E-state index contributed by atoms with van der Waals surface area (Å²) in [5, 5.41) is 15.9. The van der Waals surface area contributed by atoms with Crippen LogP contribution in [0.25, 0.3) is 5.65 Å². The highest BCUT2D eigenvalue weighted by Gasteiger charge is 2.26. The van der Waals surface area contributed by atoms with Crippen molar-refractivity contribution in [2.24, 2.45) is 0 Å². The molecule has 0 saturated heterocycles. The molecule has 3 aromatic rings. The second-order valence-electron chi connectivity index (χ2n) is 6.95. The molecule has 9 nitrogen and oxygen atoms in total. The zero-order chi connectivity index (χ0) is 22.4. The number of pyridine rings is 1. The zero-order valence-electron chi connectivity index (χ0n) is 17.3. The average Bonchev–Trinajstić information content (AvgIpc) is 2.76. The number of aromatic nitrogens is 2. The highest BCUT2D eigenvalue weighted by atomic mass is 16.5. The van der Waals surface area contributed by atoms with Crippen molar-refractivity contribution in [1.29, 1.82) is 0 Å². The van der Waals surface area contributed by atoms with Gasteiger partial charge in [-0.25, -0.2) is 0 Å². The van der Waals surface area contributed by atoms with Crippen LogP contribution in [0.3, 0.4) is 0 Å². The molecule has 2 heterocycles. The van der Waals surface area contributed by atoms with Crippen LogP contribution in [0.1, 0.15) is 30.4 Å². The van der Waals surface area contributed by atoms with Gasteiger partial charge in [0, 0.05) is 38.5 Å². The summed E-state index contributed by atoms with van der Waals surface area (Å²) in [5.74, 6) is -1.04. The monoisotopic (exact) mass is 424 g/mol. The summed E-state index contributed by atoms with van der Waals surface area (Å²) in [6, 6.07) is 11.9. The molecule has 0 bridgehead atoms. The van der Waals surface area contributed by atoms with Crippen molar-refractivity contribution in [3.05, 3.63) is 70.1 Å². The molecule has 2 amide bonds. The molecule has 1 aromatic carbocycles. The van der Waals surface area contributed by atoms with Crippen molar-refractivity contribution in [2.45, 2.75) is 19.3 Å². The fourth-order valence-corrected chi connectivity index (χ4v) is 3.32. The highest BCUT2D eigenvalue weighted by molar-refractivity contribution is 5.78. The number of carbonyl (C=O) groups excluding carboxylic acids is 2. The largest absolute Gasteiger partial charge is 0.497 e. The molecule has 0 saturated carbocycles. The fourth-order valence-electron chi connectivity index (χ4n) is 3.32. The van der Waals surface area contributed by atoms with Crippen LogP contribution in [0.5, 0.6) is 11.6 Å². The predicted molar refractivity (Wildman–Crippen MR) is 114 cm³/mol. The van der Waals surface area contributed by atoms with Crippen molar-refractivity contribution in [1.82, 2.24) is 20.0 Å². The van der Waals surface area contributed by atoms with E-state index < -0.39 is 17.4 Å². The standard InChI is InChI=1S/C22H24N4O5/c1-14(27)23-10-11-24-19(28)13-17(15-6-8-16(31-2)9-7-15)20-21(29)25-18-5-3-4-12-26(18)22(20)30/h3-9,12,17,29H,10-11,13H2,1-2H3,(H,23,27)(H,24,28). The van der Waals surface area contributed by atoms with Gasteiger partial charge in [-0.15, -0.1) is 0 Å². The molecule has 31 heavy (non-hydrogen) atoms. The summed E-state index contributed by atoms with van der Waals surface area (Å²) >= 11 is 0. The summed E-state index contributed by atoms with van der Waals surface area (Å²) in [5.41, 5.74) is 0.547. The van der Waals surface area contributed by atoms with Gasteiger partial charge < -0.3 is 20.5 Å². The molecule has 162 valence electrons. The first-order valence-electron chi connectivity index (χ1n) is 9.76. The lowest BCUT2D eigenvalue weighted by molar-refractivity contribution is -0.122. The molecule has 1 atom stereocenters. The molecular weight excluding hydrogens is 400 g/mol. The summed E-state index contributed by atoms with van der Waals surface area (Å²) in [6.07, 6.45) is 1.47. The molecule has 0 spiro atoms. The fraction of sp³-hybridized carbons (Fsp3) is 0.273. The Balaban J connectivity index is 1.96. The Hall–Kier alpha value is -3.88. The lowest BCUT2D eigenvalue weighted by Gasteiger charge is -2.19. The molecule has 0 aliphatic carbocycles. The van der Waals surface area contributed by atoms with Crippen molar-refractivity contribution in [3.8, 4) is 11.6 Å². The molecule has 3 N–H and O–H groups in total. The van der Waals surface area contributed by atoms with Crippen LogP contribution in [-0.4, -0.2) is 46.5 Å². The average molecular weight is 424 g/mol. The van der Waals surface area contributed by atoms with Gasteiger partial charge in [0.2, 0.25) is 17.7 Å². The van der Waals surface area contributed by atoms with E-state index in [9.17, 15) is 19.5 Å². The maximum Gasteiger partial charge on any atom is 0.265 e. The van der Waals surface area contributed by atoms with Crippen LogP contribution in [0, 0.1) is 0 Å². The second kappa shape index (κ2) is 9.75. The van der Waals surface area contributed by atoms with Gasteiger partial charge in [0.25, 0.3) is 5.56 Å². The van der Waals surface area contributed by atoms with E-state index >= 15 is 0 Å². The minimum absolute atomic E-state index is 0.0332. The van der Waals surface area contributed by atoms with Gasteiger partial charge in [-0.2, -0.15) is 4.98 Å². The van der Waals surface area contributed by atoms with Crippen LogP contribution >= 0.6 is 0 Å². The summed E-state index contributed by atoms with van der Waals surface area (Å²) in [7, 11) is 1.54.